The van der Waals surface area contributed by atoms with E-state index >= 15 is 0 Å². The van der Waals surface area contributed by atoms with Gasteiger partial charge in [0.05, 0.1) is 25.4 Å². The number of aliphatic hydroxyl groups excluding tert-OH is 7. The molecule has 11 heteroatoms. The van der Waals surface area contributed by atoms with Crippen molar-refractivity contribution in [2.75, 3.05) is 13.2 Å². The minimum absolute atomic E-state index is 0.267. The van der Waals surface area contributed by atoms with Crippen molar-refractivity contribution in [1.29, 1.82) is 0 Å². The highest BCUT2D eigenvalue weighted by atomic mass is 16.7. The van der Waals surface area contributed by atoms with Crippen molar-refractivity contribution < 1.29 is 50.0 Å². The van der Waals surface area contributed by atoms with Crippen molar-refractivity contribution in [3.05, 3.63) is 0 Å². The predicted octanol–water partition coefficient (Wildman–Crippen LogP) is 13.7. The first-order valence-electron chi connectivity index (χ1n) is 31.4. The second-order valence-corrected chi connectivity index (χ2v) is 22.5. The Kier molecular flexibility index (Phi) is 48.9. The van der Waals surface area contributed by atoms with Crippen molar-refractivity contribution in [2.24, 2.45) is 0 Å². The maximum atomic E-state index is 13.2. The van der Waals surface area contributed by atoms with Crippen LogP contribution in [0.3, 0.4) is 0 Å². The second-order valence-electron chi connectivity index (χ2n) is 22.5. The second kappa shape index (κ2) is 50.9. The molecule has 0 aromatic heterocycles. The monoisotopic (exact) mass is 1030 g/mol. The smallest absolute Gasteiger partial charge is 0.249 e. The fourth-order valence-corrected chi connectivity index (χ4v) is 10.6. The molecule has 430 valence electrons. The molecule has 0 aliphatic carbocycles. The van der Waals surface area contributed by atoms with E-state index in [2.05, 4.69) is 19.2 Å². The molecule has 1 rings (SSSR count). The Morgan fingerprint density at radius 1 is 0.431 bits per heavy atom. The van der Waals surface area contributed by atoms with Crippen LogP contribution in [-0.2, 0) is 14.3 Å². The number of ether oxygens (including phenoxy) is 2. The lowest BCUT2D eigenvalue weighted by molar-refractivity contribution is -0.303. The average Bonchev–Trinajstić information content (AvgIpc) is 3.38. The Labute approximate surface area is 443 Å². The molecule has 0 aromatic carbocycles. The number of amides is 1. The topological polar surface area (TPSA) is 189 Å². The molecule has 1 aliphatic heterocycles. The lowest BCUT2D eigenvalue weighted by Crippen LogP contribution is -2.60. The summed E-state index contributed by atoms with van der Waals surface area (Å²) >= 11 is 0. The van der Waals surface area contributed by atoms with Crippen LogP contribution < -0.4 is 5.32 Å². The van der Waals surface area contributed by atoms with Crippen LogP contribution in [-0.4, -0.2) is 110 Å². The van der Waals surface area contributed by atoms with Crippen LogP contribution in [0.2, 0.25) is 0 Å². The molecule has 9 atom stereocenters. The maximum absolute atomic E-state index is 13.2. The number of rotatable bonds is 55. The Bertz CT molecular complexity index is 1130. The maximum Gasteiger partial charge on any atom is 0.249 e. The molecule has 72 heavy (non-hydrogen) atoms. The summed E-state index contributed by atoms with van der Waals surface area (Å²) < 4.78 is 11.2. The quantitative estimate of drug-likeness (QED) is 0.0272. The van der Waals surface area contributed by atoms with Gasteiger partial charge in [0.25, 0.3) is 0 Å². The van der Waals surface area contributed by atoms with E-state index in [9.17, 15) is 40.5 Å². The van der Waals surface area contributed by atoms with E-state index < -0.39 is 74.2 Å². The van der Waals surface area contributed by atoms with Crippen LogP contribution in [0.1, 0.15) is 316 Å². The normalized spacial score (nSPS) is 19.9. The minimum atomic E-state index is -1.66. The number of carbonyl (C=O) groups excluding carboxylic acids is 1. The zero-order valence-corrected chi connectivity index (χ0v) is 47.2. The van der Waals surface area contributed by atoms with Crippen LogP contribution in [0.5, 0.6) is 0 Å². The Morgan fingerprint density at radius 3 is 1.03 bits per heavy atom. The number of hydrogen-bond acceptors (Lipinski definition) is 10. The molecule has 11 nitrogen and oxygen atoms in total. The molecule has 1 fully saturated rings. The van der Waals surface area contributed by atoms with E-state index in [1.165, 1.54) is 238 Å². The van der Waals surface area contributed by atoms with Gasteiger partial charge in [-0.2, -0.15) is 0 Å². The minimum Gasteiger partial charge on any atom is -0.394 e. The first-order chi connectivity index (χ1) is 35.2. The van der Waals surface area contributed by atoms with Crippen LogP contribution in [0.25, 0.3) is 0 Å². The zero-order valence-electron chi connectivity index (χ0n) is 47.2. The van der Waals surface area contributed by atoms with Gasteiger partial charge in [0.2, 0.25) is 5.91 Å². The molecule has 9 unspecified atom stereocenters. The summed E-state index contributed by atoms with van der Waals surface area (Å²) in [5.74, 6) is -0.688. The van der Waals surface area contributed by atoms with E-state index in [0.29, 0.717) is 19.3 Å². The standard InChI is InChI=1S/C61H121NO10/c1-3-5-7-9-11-13-15-17-19-21-23-25-26-27-28-29-31-32-34-36-38-40-42-44-46-48-53(64)56(66)52(51-71-61-59(69)58(68)57(67)55(50-63)72-61)62-60(70)54(65)49-47-45-43-41-39-37-35-33-30-24-22-20-18-16-14-12-10-8-6-4-2/h52-59,61,63-69H,3-51H2,1-2H3,(H,62,70). The number of carbonyl (C=O) groups is 1. The van der Waals surface area contributed by atoms with Crippen molar-refractivity contribution in [3.63, 3.8) is 0 Å². The lowest BCUT2D eigenvalue weighted by Gasteiger charge is -2.40. The molecule has 0 saturated carbocycles. The summed E-state index contributed by atoms with van der Waals surface area (Å²) in [4.78, 5) is 13.2. The Morgan fingerprint density at radius 2 is 0.722 bits per heavy atom. The fraction of sp³-hybridized carbons (Fsp3) is 0.984. The van der Waals surface area contributed by atoms with Crippen molar-refractivity contribution in [3.8, 4) is 0 Å². The number of aliphatic hydroxyl groups is 7. The van der Waals surface area contributed by atoms with Gasteiger partial charge in [-0.1, -0.05) is 303 Å². The molecular weight excluding hydrogens is 907 g/mol. The Hall–Kier alpha value is -0.890. The summed E-state index contributed by atoms with van der Waals surface area (Å²) in [6, 6.07) is -1.16. The fourth-order valence-electron chi connectivity index (χ4n) is 10.6. The molecule has 1 aliphatic rings. The van der Waals surface area contributed by atoms with Gasteiger partial charge in [0, 0.05) is 0 Å². The summed E-state index contributed by atoms with van der Waals surface area (Å²) in [5, 5.41) is 76.3. The van der Waals surface area contributed by atoms with Crippen LogP contribution in [0, 0.1) is 0 Å². The third-order valence-corrected chi connectivity index (χ3v) is 15.7. The van der Waals surface area contributed by atoms with Crippen molar-refractivity contribution in [2.45, 2.75) is 371 Å². The van der Waals surface area contributed by atoms with Gasteiger partial charge in [-0.05, 0) is 12.8 Å². The van der Waals surface area contributed by atoms with Gasteiger partial charge in [0.15, 0.2) is 6.29 Å². The summed E-state index contributed by atoms with van der Waals surface area (Å²) in [6.07, 6.45) is 47.3. The molecular formula is C61H121NO10. The molecule has 1 heterocycles. The van der Waals surface area contributed by atoms with Gasteiger partial charge in [-0.15, -0.1) is 0 Å². The van der Waals surface area contributed by atoms with Crippen molar-refractivity contribution in [1.82, 2.24) is 5.32 Å². The highest BCUT2D eigenvalue weighted by Crippen LogP contribution is 2.24. The van der Waals surface area contributed by atoms with E-state index in [0.717, 1.165) is 38.5 Å². The van der Waals surface area contributed by atoms with E-state index in [1.54, 1.807) is 0 Å². The van der Waals surface area contributed by atoms with Gasteiger partial charge in [-0.25, -0.2) is 0 Å². The lowest BCUT2D eigenvalue weighted by atomic mass is 9.98. The Balaban J connectivity index is 2.25. The predicted molar refractivity (Wildman–Crippen MR) is 298 cm³/mol. The van der Waals surface area contributed by atoms with E-state index in [4.69, 9.17) is 9.47 Å². The third kappa shape index (κ3) is 38.6. The van der Waals surface area contributed by atoms with Gasteiger partial charge >= 0.3 is 0 Å². The van der Waals surface area contributed by atoms with Gasteiger partial charge in [-0.3, -0.25) is 4.79 Å². The van der Waals surface area contributed by atoms with Crippen LogP contribution >= 0.6 is 0 Å². The van der Waals surface area contributed by atoms with Crippen LogP contribution in [0.15, 0.2) is 0 Å². The van der Waals surface area contributed by atoms with Crippen LogP contribution in [0.4, 0.5) is 0 Å². The third-order valence-electron chi connectivity index (χ3n) is 15.7. The van der Waals surface area contributed by atoms with E-state index in [-0.39, 0.29) is 6.42 Å². The first-order valence-corrected chi connectivity index (χ1v) is 31.4. The molecule has 1 saturated heterocycles. The number of unbranched alkanes of at least 4 members (excludes halogenated alkanes) is 43. The van der Waals surface area contributed by atoms with Crippen molar-refractivity contribution >= 4 is 5.91 Å². The molecule has 0 spiro atoms. The molecule has 0 radical (unpaired) electrons. The summed E-state index contributed by atoms with van der Waals surface area (Å²) in [7, 11) is 0. The molecule has 8 N–H and O–H groups in total. The van der Waals surface area contributed by atoms with Gasteiger partial charge in [0.1, 0.15) is 36.6 Å². The van der Waals surface area contributed by atoms with E-state index in [1.807, 2.05) is 0 Å². The van der Waals surface area contributed by atoms with Gasteiger partial charge < -0.3 is 50.5 Å². The number of nitrogens with one attached hydrogen (secondary N) is 1. The largest absolute Gasteiger partial charge is 0.394 e. The summed E-state index contributed by atoms with van der Waals surface area (Å²) in [5.41, 5.74) is 0. The number of hydrogen-bond donors (Lipinski definition) is 8. The molecule has 1 amide bonds. The highest BCUT2D eigenvalue weighted by molar-refractivity contribution is 5.80. The zero-order chi connectivity index (χ0) is 52.5. The molecule has 0 bridgehead atoms. The first kappa shape index (κ1) is 69.1. The molecule has 0 aromatic rings. The summed E-state index contributed by atoms with van der Waals surface area (Å²) in [6.45, 7) is 3.51. The SMILES string of the molecule is CCCCCCCCCCCCCCCCCCCCCCCCCCCC(O)C(O)C(COC1OC(CO)C(O)C(O)C1O)NC(=O)C(O)CCCCCCCCCCCCCCCCCCCCCC. The highest BCUT2D eigenvalue weighted by Gasteiger charge is 2.44. The average molecular weight is 1030 g/mol.